The molecule has 1 heterocycles. The van der Waals surface area contributed by atoms with Gasteiger partial charge in [-0.1, -0.05) is 6.92 Å². The van der Waals surface area contributed by atoms with E-state index in [1.165, 1.54) is 0 Å². The number of halogens is 1. The summed E-state index contributed by atoms with van der Waals surface area (Å²) in [7, 11) is 0. The number of aromatic nitrogens is 2. The minimum Gasteiger partial charge on any atom is -0.480 e. The molecule has 0 aromatic carbocycles. The van der Waals surface area contributed by atoms with Crippen LogP contribution in [-0.2, 0) is 11.2 Å². The maximum Gasteiger partial charge on any atom is 0.325 e. The summed E-state index contributed by atoms with van der Waals surface area (Å²) < 4.78 is 0.660. The fraction of sp³-hybridized carbons (Fsp3) is 0.444. The van der Waals surface area contributed by atoms with Gasteiger partial charge in [-0.05, 0) is 22.9 Å². The van der Waals surface area contributed by atoms with Crippen molar-refractivity contribution in [1.82, 2.24) is 9.97 Å². The van der Waals surface area contributed by atoms with Gasteiger partial charge < -0.3 is 10.4 Å². The van der Waals surface area contributed by atoms with E-state index in [4.69, 9.17) is 5.11 Å². The molecule has 1 aromatic heterocycles. The van der Waals surface area contributed by atoms with Crippen molar-refractivity contribution in [1.29, 1.82) is 0 Å². The Hall–Kier alpha value is -1.17. The molecule has 0 bridgehead atoms. The molecule has 0 amide bonds. The van der Waals surface area contributed by atoms with Crippen molar-refractivity contribution in [3.05, 3.63) is 16.5 Å². The molecular formula is C9H12BrN3O2. The SMILES string of the molecule is CCc1ncc(Br)c(NC(C)C(=O)O)n1. The van der Waals surface area contributed by atoms with Crippen LogP contribution in [0.2, 0.25) is 0 Å². The molecule has 0 saturated carbocycles. The van der Waals surface area contributed by atoms with Crippen LogP contribution in [0.4, 0.5) is 5.82 Å². The monoisotopic (exact) mass is 273 g/mol. The van der Waals surface area contributed by atoms with E-state index in [1.54, 1.807) is 13.1 Å². The van der Waals surface area contributed by atoms with Crippen molar-refractivity contribution in [3.8, 4) is 0 Å². The zero-order valence-corrected chi connectivity index (χ0v) is 10.1. The first-order valence-electron chi connectivity index (χ1n) is 4.55. The van der Waals surface area contributed by atoms with E-state index in [1.807, 2.05) is 6.92 Å². The molecule has 1 rings (SSSR count). The lowest BCUT2D eigenvalue weighted by molar-refractivity contribution is -0.137. The number of carboxylic acids is 1. The number of rotatable bonds is 4. The van der Waals surface area contributed by atoms with Gasteiger partial charge in [-0.15, -0.1) is 0 Å². The van der Waals surface area contributed by atoms with E-state index in [9.17, 15) is 4.79 Å². The van der Waals surface area contributed by atoms with Crippen LogP contribution in [0.3, 0.4) is 0 Å². The number of nitrogens with zero attached hydrogens (tertiary/aromatic N) is 2. The lowest BCUT2D eigenvalue weighted by Gasteiger charge is -2.11. The third-order valence-electron chi connectivity index (χ3n) is 1.83. The Morgan fingerprint density at radius 1 is 1.73 bits per heavy atom. The van der Waals surface area contributed by atoms with Gasteiger partial charge in [0.15, 0.2) is 0 Å². The van der Waals surface area contributed by atoms with Crippen molar-refractivity contribution < 1.29 is 9.90 Å². The first-order valence-corrected chi connectivity index (χ1v) is 5.34. The Balaban J connectivity index is 2.88. The maximum atomic E-state index is 10.6. The molecule has 0 spiro atoms. The van der Waals surface area contributed by atoms with Crippen molar-refractivity contribution in [3.63, 3.8) is 0 Å². The molecular weight excluding hydrogens is 262 g/mol. The van der Waals surface area contributed by atoms with Crippen LogP contribution < -0.4 is 5.32 Å². The summed E-state index contributed by atoms with van der Waals surface area (Å²) in [4.78, 5) is 18.9. The van der Waals surface area contributed by atoms with E-state index >= 15 is 0 Å². The first kappa shape index (κ1) is 11.9. The van der Waals surface area contributed by atoms with Gasteiger partial charge in [-0.3, -0.25) is 4.79 Å². The molecule has 0 aliphatic carbocycles. The number of aliphatic carboxylic acids is 1. The molecule has 82 valence electrons. The molecule has 1 aromatic rings. The second-order valence-corrected chi connectivity index (χ2v) is 3.89. The zero-order valence-electron chi connectivity index (χ0n) is 8.49. The summed E-state index contributed by atoms with van der Waals surface area (Å²) in [5, 5.41) is 11.5. The Kier molecular flexibility index (Phi) is 4.02. The van der Waals surface area contributed by atoms with Crippen LogP contribution in [-0.4, -0.2) is 27.1 Å². The number of anilines is 1. The van der Waals surface area contributed by atoms with Gasteiger partial charge in [0.2, 0.25) is 0 Å². The summed E-state index contributed by atoms with van der Waals surface area (Å²) in [5.74, 6) is 0.272. The van der Waals surface area contributed by atoms with Gasteiger partial charge in [0.25, 0.3) is 0 Å². The van der Waals surface area contributed by atoms with Gasteiger partial charge in [-0.25, -0.2) is 9.97 Å². The highest BCUT2D eigenvalue weighted by Gasteiger charge is 2.13. The number of carbonyl (C=O) groups is 1. The fourth-order valence-electron chi connectivity index (χ4n) is 0.942. The van der Waals surface area contributed by atoms with E-state index < -0.39 is 12.0 Å². The van der Waals surface area contributed by atoms with E-state index in [0.717, 1.165) is 0 Å². The normalized spacial score (nSPS) is 12.2. The highest BCUT2D eigenvalue weighted by atomic mass is 79.9. The highest BCUT2D eigenvalue weighted by molar-refractivity contribution is 9.10. The fourth-order valence-corrected chi connectivity index (χ4v) is 1.25. The number of hydrogen-bond donors (Lipinski definition) is 2. The smallest absolute Gasteiger partial charge is 0.325 e. The lowest BCUT2D eigenvalue weighted by Crippen LogP contribution is -2.26. The first-order chi connectivity index (χ1) is 7.04. The standard InChI is InChI=1S/C9H12BrN3O2/c1-3-7-11-4-6(10)8(13-7)12-5(2)9(14)15/h4-5H,3H2,1-2H3,(H,14,15)(H,11,12,13). The van der Waals surface area contributed by atoms with Crippen LogP contribution >= 0.6 is 15.9 Å². The third-order valence-corrected chi connectivity index (χ3v) is 2.41. The molecule has 1 atom stereocenters. The minimum absolute atomic E-state index is 0.511. The van der Waals surface area contributed by atoms with Gasteiger partial charge in [0.05, 0.1) is 4.47 Å². The van der Waals surface area contributed by atoms with Gasteiger partial charge >= 0.3 is 5.97 Å². The minimum atomic E-state index is -0.918. The second-order valence-electron chi connectivity index (χ2n) is 3.04. The predicted octanol–water partition coefficient (Wildman–Crippen LogP) is 1.69. The molecule has 5 nitrogen and oxygen atoms in total. The zero-order chi connectivity index (χ0) is 11.4. The highest BCUT2D eigenvalue weighted by Crippen LogP contribution is 2.19. The summed E-state index contributed by atoms with van der Waals surface area (Å²) in [5.41, 5.74) is 0. The lowest BCUT2D eigenvalue weighted by atomic mass is 10.3. The van der Waals surface area contributed by atoms with Crippen LogP contribution in [0, 0.1) is 0 Å². The summed E-state index contributed by atoms with van der Waals surface area (Å²) >= 11 is 3.26. The summed E-state index contributed by atoms with van der Waals surface area (Å²) in [6.07, 6.45) is 2.33. The molecule has 0 aliphatic heterocycles. The number of carboxylic acid groups (broad SMARTS) is 1. The molecule has 15 heavy (non-hydrogen) atoms. The third kappa shape index (κ3) is 3.16. The van der Waals surface area contributed by atoms with E-state index in [2.05, 4.69) is 31.2 Å². The number of aryl methyl sites for hydroxylation is 1. The largest absolute Gasteiger partial charge is 0.480 e. The topological polar surface area (TPSA) is 75.1 Å². The second kappa shape index (κ2) is 5.06. The Labute approximate surface area is 96.1 Å². The molecule has 0 radical (unpaired) electrons. The summed E-state index contributed by atoms with van der Waals surface area (Å²) in [6.45, 7) is 3.50. The van der Waals surface area contributed by atoms with Crippen molar-refractivity contribution in [2.24, 2.45) is 0 Å². The van der Waals surface area contributed by atoms with E-state index in [0.29, 0.717) is 22.5 Å². The van der Waals surface area contributed by atoms with Gasteiger partial charge in [-0.2, -0.15) is 0 Å². The van der Waals surface area contributed by atoms with Gasteiger partial charge in [0, 0.05) is 12.6 Å². The quantitative estimate of drug-likeness (QED) is 0.873. The number of nitrogens with one attached hydrogen (secondary N) is 1. The van der Waals surface area contributed by atoms with E-state index in [-0.39, 0.29) is 0 Å². The summed E-state index contributed by atoms with van der Waals surface area (Å²) in [6, 6.07) is -0.680. The molecule has 1 unspecified atom stereocenters. The van der Waals surface area contributed by atoms with Gasteiger partial charge in [0.1, 0.15) is 17.7 Å². The average molecular weight is 274 g/mol. The Morgan fingerprint density at radius 2 is 2.40 bits per heavy atom. The molecule has 0 fully saturated rings. The van der Waals surface area contributed by atoms with Crippen LogP contribution in [0.25, 0.3) is 0 Å². The van der Waals surface area contributed by atoms with Crippen molar-refractivity contribution >= 4 is 27.7 Å². The van der Waals surface area contributed by atoms with Crippen molar-refractivity contribution in [2.45, 2.75) is 26.3 Å². The van der Waals surface area contributed by atoms with Crippen LogP contribution in [0.5, 0.6) is 0 Å². The Morgan fingerprint density at radius 3 is 2.93 bits per heavy atom. The molecule has 2 N–H and O–H groups in total. The van der Waals surface area contributed by atoms with Crippen molar-refractivity contribution in [2.75, 3.05) is 5.32 Å². The average Bonchev–Trinajstić information content (AvgIpc) is 2.21. The van der Waals surface area contributed by atoms with Crippen LogP contribution in [0.1, 0.15) is 19.7 Å². The molecule has 0 aliphatic rings. The van der Waals surface area contributed by atoms with Crippen LogP contribution in [0.15, 0.2) is 10.7 Å². The number of hydrogen-bond acceptors (Lipinski definition) is 4. The maximum absolute atomic E-state index is 10.6. The molecule has 6 heteroatoms. The molecule has 0 saturated heterocycles. The Bertz CT molecular complexity index is 370. The predicted molar refractivity (Wildman–Crippen MR) is 59.8 cm³/mol.